The molecule has 25 heavy (non-hydrogen) atoms. The lowest BCUT2D eigenvalue weighted by atomic mass is 9.58. The molecule has 1 atom stereocenters. The molecule has 1 amide bonds. The zero-order chi connectivity index (χ0) is 18.0. The smallest absolute Gasteiger partial charge is 0.272 e. The van der Waals surface area contributed by atoms with Crippen LogP contribution in [-0.2, 0) is 10.1 Å². The van der Waals surface area contributed by atoms with Crippen molar-refractivity contribution in [3.05, 3.63) is 29.6 Å². The van der Waals surface area contributed by atoms with Gasteiger partial charge in [-0.25, -0.2) is 4.98 Å². The van der Waals surface area contributed by atoms with Crippen LogP contribution in [0.3, 0.4) is 0 Å². The Morgan fingerprint density at radius 1 is 1.24 bits per heavy atom. The summed E-state index contributed by atoms with van der Waals surface area (Å²) < 4.78 is 5.33. The van der Waals surface area contributed by atoms with Crippen LogP contribution >= 0.6 is 0 Å². The summed E-state index contributed by atoms with van der Waals surface area (Å²) in [6.45, 7) is 5.21. The first-order valence-electron chi connectivity index (χ1n) is 9.04. The fourth-order valence-corrected chi connectivity index (χ4v) is 3.58. The van der Waals surface area contributed by atoms with Crippen molar-refractivity contribution < 1.29 is 9.53 Å². The quantitative estimate of drug-likeness (QED) is 0.773. The normalized spacial score (nSPS) is 23.1. The minimum absolute atomic E-state index is 0.0931. The Kier molecular flexibility index (Phi) is 5.54. The first kappa shape index (κ1) is 18.5. The summed E-state index contributed by atoms with van der Waals surface area (Å²) in [7, 11) is 14.5. The van der Waals surface area contributed by atoms with Gasteiger partial charge in [-0.3, -0.25) is 4.79 Å². The summed E-state index contributed by atoms with van der Waals surface area (Å²) in [6.07, 6.45) is 3.10. The lowest BCUT2D eigenvalue weighted by molar-refractivity contribution is 0.0718. The number of amides is 1. The number of carbonyl (C=O) groups is 1. The van der Waals surface area contributed by atoms with E-state index in [1.165, 1.54) is 0 Å². The van der Waals surface area contributed by atoms with E-state index in [1.807, 2.05) is 0 Å². The summed E-state index contributed by atoms with van der Waals surface area (Å²) in [6, 6.07) is 5.33. The monoisotopic (exact) mass is 337 g/mol. The van der Waals surface area contributed by atoms with E-state index in [4.69, 9.17) is 20.4 Å². The predicted octanol–water partition coefficient (Wildman–Crippen LogP) is 1.12. The number of rotatable bonds is 4. The van der Waals surface area contributed by atoms with Crippen LogP contribution in [0, 0.1) is 5.92 Å². The van der Waals surface area contributed by atoms with E-state index < -0.39 is 5.34 Å². The molecule has 0 saturated carbocycles. The lowest BCUT2D eigenvalue weighted by Crippen LogP contribution is -2.51. The van der Waals surface area contributed by atoms with Crippen LogP contribution in [0.25, 0.3) is 0 Å². The van der Waals surface area contributed by atoms with Gasteiger partial charge in [0.15, 0.2) is 0 Å². The van der Waals surface area contributed by atoms with Crippen molar-refractivity contribution in [2.75, 3.05) is 33.3 Å². The second kappa shape index (κ2) is 7.50. The molecule has 4 radical (unpaired) electrons. The number of carbonyl (C=O) groups excluding carboxylic acids is 1. The predicted molar refractivity (Wildman–Crippen MR) is 98.7 cm³/mol. The van der Waals surface area contributed by atoms with E-state index in [-0.39, 0.29) is 12.0 Å². The van der Waals surface area contributed by atoms with Gasteiger partial charge in [-0.1, -0.05) is 13.0 Å². The van der Waals surface area contributed by atoms with Gasteiger partial charge < -0.3 is 14.5 Å². The van der Waals surface area contributed by atoms with E-state index in [0.29, 0.717) is 30.4 Å². The molecule has 0 spiro atoms. The fraction of sp³-hybridized carbons (Fsp3) is 0.667. The number of piperidine rings is 1. The number of pyridine rings is 1. The van der Waals surface area contributed by atoms with Crippen molar-refractivity contribution in [3.63, 3.8) is 0 Å². The Balaban J connectivity index is 1.75. The van der Waals surface area contributed by atoms with Gasteiger partial charge in [0.2, 0.25) is 0 Å². The van der Waals surface area contributed by atoms with Crippen molar-refractivity contribution in [1.82, 2.24) is 14.8 Å². The molecule has 2 fully saturated rings. The molecule has 3 heterocycles. The minimum Gasteiger partial charge on any atom is -0.380 e. The van der Waals surface area contributed by atoms with E-state index in [9.17, 15) is 4.79 Å². The SMILES string of the molecule is [B]C([B])(c1cccc(C(=O)N2CCC(OC)C2)n1)N1CCC(C)CC1. The number of nitrogens with zero attached hydrogens (tertiary/aromatic N) is 3. The highest BCUT2D eigenvalue weighted by molar-refractivity contribution is 6.39. The summed E-state index contributed by atoms with van der Waals surface area (Å²) in [4.78, 5) is 21.1. The molecule has 1 aromatic rings. The summed E-state index contributed by atoms with van der Waals surface area (Å²) in [5.41, 5.74) is 0.926. The number of methoxy groups -OCH3 is 1. The topological polar surface area (TPSA) is 45.7 Å². The van der Waals surface area contributed by atoms with Gasteiger partial charge in [-0.2, -0.15) is 0 Å². The molecular formula is C18H25B2N3O2. The van der Waals surface area contributed by atoms with Gasteiger partial charge in [0.05, 0.1) is 21.8 Å². The highest BCUT2D eigenvalue weighted by Gasteiger charge is 2.33. The molecule has 0 bridgehead atoms. The summed E-state index contributed by atoms with van der Waals surface area (Å²) in [5, 5.41) is -1.16. The summed E-state index contributed by atoms with van der Waals surface area (Å²) >= 11 is 0. The number of hydrogen-bond acceptors (Lipinski definition) is 4. The van der Waals surface area contributed by atoms with Gasteiger partial charge in [0.25, 0.3) is 5.91 Å². The van der Waals surface area contributed by atoms with Crippen LogP contribution in [0.4, 0.5) is 0 Å². The molecule has 0 N–H and O–H groups in total. The molecule has 0 aromatic carbocycles. The Hall–Kier alpha value is -1.33. The average Bonchev–Trinajstić information content (AvgIpc) is 3.11. The number of aromatic nitrogens is 1. The zero-order valence-corrected chi connectivity index (χ0v) is 15.1. The highest BCUT2D eigenvalue weighted by atomic mass is 16.5. The molecule has 1 unspecified atom stereocenters. The Morgan fingerprint density at radius 3 is 2.60 bits per heavy atom. The van der Waals surface area contributed by atoms with Crippen LogP contribution in [0.15, 0.2) is 18.2 Å². The van der Waals surface area contributed by atoms with Gasteiger partial charge in [-0.15, -0.1) is 0 Å². The molecule has 5 nitrogen and oxygen atoms in total. The van der Waals surface area contributed by atoms with Crippen molar-refractivity contribution in [2.45, 2.75) is 37.6 Å². The fourth-order valence-electron chi connectivity index (χ4n) is 3.58. The highest BCUT2D eigenvalue weighted by Crippen LogP contribution is 2.27. The van der Waals surface area contributed by atoms with Crippen molar-refractivity contribution in [3.8, 4) is 0 Å². The zero-order valence-electron chi connectivity index (χ0n) is 15.1. The van der Waals surface area contributed by atoms with E-state index in [1.54, 1.807) is 30.2 Å². The third-order valence-electron chi connectivity index (χ3n) is 5.45. The number of hydrogen-bond donors (Lipinski definition) is 0. The van der Waals surface area contributed by atoms with Crippen LogP contribution < -0.4 is 0 Å². The van der Waals surface area contributed by atoms with Crippen LogP contribution in [-0.4, -0.2) is 75.8 Å². The van der Waals surface area contributed by atoms with Crippen LogP contribution in [0.2, 0.25) is 0 Å². The molecule has 7 heteroatoms. The molecule has 3 rings (SSSR count). The van der Waals surface area contributed by atoms with Crippen molar-refractivity contribution in [1.29, 1.82) is 0 Å². The second-order valence-electron chi connectivity index (χ2n) is 7.30. The van der Waals surface area contributed by atoms with Gasteiger partial charge in [-0.05, 0) is 55.7 Å². The Labute approximate surface area is 152 Å². The average molecular weight is 337 g/mol. The molecule has 2 aliphatic rings. The Morgan fingerprint density at radius 2 is 1.96 bits per heavy atom. The molecule has 2 saturated heterocycles. The summed E-state index contributed by atoms with van der Waals surface area (Å²) in [5.74, 6) is 0.598. The molecular weight excluding hydrogens is 312 g/mol. The molecule has 2 aliphatic heterocycles. The largest absolute Gasteiger partial charge is 0.380 e. The second-order valence-corrected chi connectivity index (χ2v) is 7.30. The number of likely N-dealkylation sites (tertiary alicyclic amines) is 2. The van der Waals surface area contributed by atoms with Crippen molar-refractivity contribution in [2.24, 2.45) is 5.92 Å². The maximum atomic E-state index is 12.7. The standard InChI is InChI=1S/C18H25B2N3O2/c1-13-6-10-23(11-7-13)18(19,20)16-5-3-4-15(21-16)17(24)22-9-8-14(12-22)25-2/h3-5,13-14H,6-12H2,1-2H3. The van der Waals surface area contributed by atoms with Gasteiger partial charge >= 0.3 is 0 Å². The van der Waals surface area contributed by atoms with Crippen molar-refractivity contribution >= 4 is 21.6 Å². The van der Waals surface area contributed by atoms with Crippen LogP contribution in [0.1, 0.15) is 42.4 Å². The van der Waals surface area contributed by atoms with Gasteiger partial charge in [0, 0.05) is 25.9 Å². The number of ether oxygens (including phenoxy) is 1. The Bertz CT molecular complexity index is 618. The third kappa shape index (κ3) is 3.93. The van der Waals surface area contributed by atoms with Gasteiger partial charge in [0.1, 0.15) is 5.69 Å². The van der Waals surface area contributed by atoms with E-state index >= 15 is 0 Å². The third-order valence-corrected chi connectivity index (χ3v) is 5.45. The lowest BCUT2D eigenvalue weighted by Gasteiger charge is -2.43. The molecule has 130 valence electrons. The molecule has 1 aromatic heterocycles. The van der Waals surface area contributed by atoms with E-state index in [0.717, 1.165) is 32.4 Å². The van der Waals surface area contributed by atoms with E-state index in [2.05, 4.69) is 16.8 Å². The first-order chi connectivity index (χ1) is 11.9. The first-order valence-corrected chi connectivity index (χ1v) is 9.04. The maximum absolute atomic E-state index is 12.7. The molecule has 0 aliphatic carbocycles. The minimum atomic E-state index is -1.16. The maximum Gasteiger partial charge on any atom is 0.272 e. The van der Waals surface area contributed by atoms with Crippen LogP contribution in [0.5, 0.6) is 0 Å².